The van der Waals surface area contributed by atoms with Crippen molar-refractivity contribution in [2.75, 3.05) is 70.3 Å². The zero-order valence-electron chi connectivity index (χ0n) is 19.3. The van der Waals surface area contributed by atoms with E-state index in [2.05, 4.69) is 63.8 Å². The number of guanidine groups is 1. The summed E-state index contributed by atoms with van der Waals surface area (Å²) in [6.07, 6.45) is 0. The highest BCUT2D eigenvalue weighted by Gasteiger charge is 2.21. The van der Waals surface area contributed by atoms with Crippen LogP contribution in [-0.2, 0) is 11.3 Å². The van der Waals surface area contributed by atoms with E-state index in [1.54, 1.807) is 14.2 Å². The smallest absolute Gasteiger partial charge is 0.194 e. The molecule has 2 N–H and O–H groups in total. The van der Waals surface area contributed by atoms with Crippen molar-refractivity contribution < 1.29 is 9.47 Å². The van der Waals surface area contributed by atoms with Gasteiger partial charge in [-0.05, 0) is 36.8 Å². The van der Waals surface area contributed by atoms with Gasteiger partial charge in [-0.15, -0.1) is 24.0 Å². The molecular weight excluding hydrogens is 517 g/mol. The summed E-state index contributed by atoms with van der Waals surface area (Å²) in [6, 6.07) is 16.7. The third-order valence-corrected chi connectivity index (χ3v) is 5.34. The Kier molecular flexibility index (Phi) is 11.4. The fourth-order valence-corrected chi connectivity index (χ4v) is 3.67. The van der Waals surface area contributed by atoms with Crippen molar-refractivity contribution in [2.24, 2.45) is 4.99 Å². The third kappa shape index (κ3) is 7.44. The maximum Gasteiger partial charge on any atom is 0.194 e. The van der Waals surface area contributed by atoms with Crippen LogP contribution in [0.2, 0.25) is 0 Å². The summed E-state index contributed by atoms with van der Waals surface area (Å²) in [5.41, 5.74) is 3.45. The van der Waals surface area contributed by atoms with Crippen LogP contribution in [0.3, 0.4) is 0 Å². The molecule has 3 rings (SSSR count). The van der Waals surface area contributed by atoms with Gasteiger partial charge in [-0.1, -0.05) is 24.3 Å². The lowest BCUT2D eigenvalue weighted by Gasteiger charge is -2.38. The van der Waals surface area contributed by atoms with Gasteiger partial charge in [0, 0.05) is 52.1 Å². The van der Waals surface area contributed by atoms with E-state index in [9.17, 15) is 0 Å². The minimum atomic E-state index is 0. The Balaban J connectivity index is 0.00000363. The predicted octanol–water partition coefficient (Wildman–Crippen LogP) is 3.66. The normalized spacial score (nSPS) is 14.0. The Bertz CT molecular complexity index is 823. The molecule has 0 saturated carbocycles. The number of para-hydroxylation sites is 2. The van der Waals surface area contributed by atoms with Crippen molar-refractivity contribution in [1.82, 2.24) is 10.2 Å². The highest BCUT2D eigenvalue weighted by molar-refractivity contribution is 14.0. The SMILES string of the molecule is CCNC(=NCc1ccc(NCCOC)cc1)N1CCN(c2ccccc2OC)CC1.I. The maximum absolute atomic E-state index is 5.53. The van der Waals surface area contributed by atoms with Gasteiger partial charge in [-0.25, -0.2) is 4.99 Å². The second kappa shape index (κ2) is 14.1. The number of hydrogen-bond acceptors (Lipinski definition) is 5. The number of benzene rings is 2. The third-order valence-electron chi connectivity index (χ3n) is 5.34. The van der Waals surface area contributed by atoms with Gasteiger partial charge >= 0.3 is 0 Å². The number of nitrogens with one attached hydrogen (secondary N) is 2. The van der Waals surface area contributed by atoms with Crippen molar-refractivity contribution in [3.63, 3.8) is 0 Å². The van der Waals surface area contributed by atoms with Crippen LogP contribution >= 0.6 is 24.0 Å². The minimum absolute atomic E-state index is 0. The molecular formula is C24H36IN5O2. The molecule has 8 heteroatoms. The molecule has 176 valence electrons. The van der Waals surface area contributed by atoms with Gasteiger partial charge in [-0.2, -0.15) is 0 Å². The highest BCUT2D eigenvalue weighted by Crippen LogP contribution is 2.28. The predicted molar refractivity (Wildman–Crippen MR) is 144 cm³/mol. The Morgan fingerprint density at radius 1 is 1.00 bits per heavy atom. The van der Waals surface area contributed by atoms with E-state index >= 15 is 0 Å². The van der Waals surface area contributed by atoms with Crippen LogP contribution in [0.15, 0.2) is 53.5 Å². The van der Waals surface area contributed by atoms with Gasteiger partial charge < -0.3 is 29.9 Å². The number of nitrogens with zero attached hydrogens (tertiary/aromatic N) is 3. The minimum Gasteiger partial charge on any atom is -0.495 e. The molecule has 1 aliphatic rings. The van der Waals surface area contributed by atoms with Crippen LogP contribution in [0.1, 0.15) is 12.5 Å². The van der Waals surface area contributed by atoms with E-state index < -0.39 is 0 Å². The molecule has 32 heavy (non-hydrogen) atoms. The van der Waals surface area contributed by atoms with Crippen LogP contribution in [0.4, 0.5) is 11.4 Å². The van der Waals surface area contributed by atoms with Gasteiger partial charge in [0.2, 0.25) is 0 Å². The van der Waals surface area contributed by atoms with Crippen molar-refractivity contribution in [3.05, 3.63) is 54.1 Å². The quantitative estimate of drug-likeness (QED) is 0.214. The van der Waals surface area contributed by atoms with Crippen LogP contribution in [0, 0.1) is 0 Å². The molecule has 0 aromatic heterocycles. The molecule has 1 fully saturated rings. The second-order valence-corrected chi connectivity index (χ2v) is 7.43. The number of piperazine rings is 1. The monoisotopic (exact) mass is 553 g/mol. The summed E-state index contributed by atoms with van der Waals surface area (Å²) >= 11 is 0. The average molecular weight is 553 g/mol. The summed E-state index contributed by atoms with van der Waals surface area (Å²) in [5.74, 6) is 1.90. The van der Waals surface area contributed by atoms with Crippen molar-refractivity contribution in [2.45, 2.75) is 13.5 Å². The van der Waals surface area contributed by atoms with Gasteiger partial charge in [0.15, 0.2) is 5.96 Å². The Hall–Kier alpha value is -2.20. The summed E-state index contributed by atoms with van der Waals surface area (Å²) in [6.45, 7) is 8.85. The largest absolute Gasteiger partial charge is 0.495 e. The first-order valence-corrected chi connectivity index (χ1v) is 11.0. The molecule has 1 saturated heterocycles. The fourth-order valence-electron chi connectivity index (χ4n) is 3.67. The molecule has 0 bridgehead atoms. The standard InChI is InChI=1S/C24H35N5O2.HI/c1-4-25-24(27-19-20-9-11-21(12-10-20)26-13-18-30-2)29-16-14-28(15-17-29)22-7-5-6-8-23(22)31-3;/h5-12,26H,4,13-19H2,1-3H3,(H,25,27);1H. The van der Waals surface area contributed by atoms with Crippen LogP contribution < -0.4 is 20.3 Å². The first-order valence-electron chi connectivity index (χ1n) is 11.0. The average Bonchev–Trinajstić information content (AvgIpc) is 2.83. The maximum atomic E-state index is 5.53. The van der Waals surface area contributed by atoms with Crippen molar-refractivity contribution >= 4 is 41.3 Å². The Labute approximate surface area is 209 Å². The van der Waals surface area contributed by atoms with Crippen LogP contribution in [0.5, 0.6) is 5.75 Å². The van der Waals surface area contributed by atoms with Gasteiger partial charge in [0.05, 0.1) is 25.9 Å². The molecule has 0 atom stereocenters. The molecule has 0 radical (unpaired) electrons. The first kappa shape index (κ1) is 26.1. The topological polar surface area (TPSA) is 61.4 Å². The fraction of sp³-hybridized carbons (Fsp3) is 0.458. The summed E-state index contributed by atoms with van der Waals surface area (Å²) in [7, 11) is 3.44. The number of aliphatic imine (C=N–C) groups is 1. The van der Waals surface area contributed by atoms with E-state index in [0.717, 1.165) is 62.4 Å². The molecule has 7 nitrogen and oxygen atoms in total. The zero-order chi connectivity index (χ0) is 21.9. The molecule has 2 aromatic rings. The van der Waals surface area contributed by atoms with Gasteiger partial charge in [-0.3, -0.25) is 0 Å². The second-order valence-electron chi connectivity index (χ2n) is 7.43. The van der Waals surface area contributed by atoms with Crippen molar-refractivity contribution in [3.8, 4) is 5.75 Å². The first-order chi connectivity index (χ1) is 15.2. The molecule has 2 aromatic carbocycles. The molecule has 0 amide bonds. The number of ether oxygens (including phenoxy) is 2. The molecule has 0 unspecified atom stereocenters. The number of hydrogen-bond donors (Lipinski definition) is 2. The van der Waals surface area contributed by atoms with E-state index in [4.69, 9.17) is 14.5 Å². The number of methoxy groups -OCH3 is 2. The lowest BCUT2D eigenvalue weighted by Crippen LogP contribution is -2.52. The summed E-state index contributed by atoms with van der Waals surface area (Å²) in [5, 5.41) is 6.79. The lowest BCUT2D eigenvalue weighted by molar-refractivity contribution is 0.211. The highest BCUT2D eigenvalue weighted by atomic mass is 127. The van der Waals surface area contributed by atoms with Gasteiger partial charge in [0.25, 0.3) is 0 Å². The number of halogens is 1. The zero-order valence-corrected chi connectivity index (χ0v) is 21.7. The lowest BCUT2D eigenvalue weighted by atomic mass is 10.2. The van der Waals surface area contributed by atoms with Crippen molar-refractivity contribution in [1.29, 1.82) is 0 Å². The van der Waals surface area contributed by atoms with E-state index in [0.29, 0.717) is 13.2 Å². The number of anilines is 2. The summed E-state index contributed by atoms with van der Waals surface area (Å²) in [4.78, 5) is 9.62. The molecule has 0 aliphatic carbocycles. The molecule has 0 spiro atoms. The summed E-state index contributed by atoms with van der Waals surface area (Å²) < 4.78 is 10.6. The van der Waals surface area contributed by atoms with E-state index in [1.807, 2.05) is 12.1 Å². The van der Waals surface area contributed by atoms with Gasteiger partial charge in [0.1, 0.15) is 5.75 Å². The molecule has 1 heterocycles. The van der Waals surface area contributed by atoms with Crippen LogP contribution in [0.25, 0.3) is 0 Å². The number of rotatable bonds is 9. The van der Waals surface area contributed by atoms with E-state index in [-0.39, 0.29) is 24.0 Å². The van der Waals surface area contributed by atoms with Crippen LogP contribution in [-0.4, -0.2) is 71.0 Å². The Morgan fingerprint density at radius 3 is 2.38 bits per heavy atom. The molecule has 1 aliphatic heterocycles. The Morgan fingerprint density at radius 2 is 1.72 bits per heavy atom. The van der Waals surface area contributed by atoms with E-state index in [1.165, 1.54) is 5.56 Å².